The van der Waals surface area contributed by atoms with E-state index in [0.29, 0.717) is 25.3 Å². The van der Waals surface area contributed by atoms with Crippen molar-refractivity contribution >= 4 is 23.1 Å². The monoisotopic (exact) mass is 373 g/mol. The van der Waals surface area contributed by atoms with Gasteiger partial charge in [0.25, 0.3) is 0 Å². The van der Waals surface area contributed by atoms with Gasteiger partial charge in [-0.1, -0.05) is 0 Å². The molecule has 0 saturated carbocycles. The van der Waals surface area contributed by atoms with Crippen LogP contribution in [-0.2, 0) is 9.47 Å². The number of aromatic nitrogens is 4. The smallest absolute Gasteiger partial charge is 0.410 e. The lowest BCUT2D eigenvalue weighted by Crippen LogP contribution is -2.41. The molecule has 0 bridgehead atoms. The second-order valence-corrected chi connectivity index (χ2v) is 7.19. The number of ether oxygens (including phenoxy) is 2. The molecule has 27 heavy (non-hydrogen) atoms. The van der Waals surface area contributed by atoms with Crippen LogP contribution in [0.2, 0.25) is 0 Å². The van der Waals surface area contributed by atoms with Crippen molar-refractivity contribution in [3.63, 3.8) is 0 Å². The Hall–Kier alpha value is -2.46. The van der Waals surface area contributed by atoms with Crippen LogP contribution in [0.15, 0.2) is 12.7 Å². The third-order valence-electron chi connectivity index (χ3n) is 5.60. The van der Waals surface area contributed by atoms with Gasteiger partial charge in [0.15, 0.2) is 11.5 Å². The van der Waals surface area contributed by atoms with E-state index < -0.39 is 0 Å². The number of carbonyl (C=O) groups excluding carboxylic acids is 1. The molecule has 1 amide bonds. The van der Waals surface area contributed by atoms with Gasteiger partial charge in [0.05, 0.1) is 32.1 Å². The van der Waals surface area contributed by atoms with Gasteiger partial charge in [0.2, 0.25) is 0 Å². The van der Waals surface area contributed by atoms with Gasteiger partial charge in [0.1, 0.15) is 17.9 Å². The number of hydrogen-bond acceptors (Lipinski definition) is 8. The third kappa shape index (κ3) is 3.08. The van der Waals surface area contributed by atoms with Gasteiger partial charge in [-0.15, -0.1) is 0 Å². The highest BCUT2D eigenvalue weighted by Gasteiger charge is 2.48. The van der Waals surface area contributed by atoms with Crippen molar-refractivity contribution in [3.05, 3.63) is 12.7 Å². The molecule has 0 radical (unpaired) electrons. The van der Waals surface area contributed by atoms with Crippen LogP contribution in [0.5, 0.6) is 0 Å². The molecule has 144 valence electrons. The SMILES string of the molecule is O=C1O[C@@H]2CN(c3ncnc4nc[nH]c34)C[C@@H]2N1CCCN1CCOCC1. The van der Waals surface area contributed by atoms with E-state index in [1.165, 1.54) is 6.33 Å². The average Bonchev–Trinajstić information content (AvgIpc) is 3.38. The summed E-state index contributed by atoms with van der Waals surface area (Å²) in [6, 6.07) is 0.0649. The van der Waals surface area contributed by atoms with Crippen LogP contribution in [0.25, 0.3) is 11.2 Å². The van der Waals surface area contributed by atoms with Crippen molar-refractivity contribution in [3.8, 4) is 0 Å². The molecule has 0 aliphatic carbocycles. The Balaban J connectivity index is 1.24. The first-order chi connectivity index (χ1) is 13.3. The molecule has 0 aromatic carbocycles. The Morgan fingerprint density at radius 1 is 1.15 bits per heavy atom. The standard InChI is InChI=1S/C17H23N7O3/c25-17-24(3-1-2-22-4-6-26-7-5-22)12-8-23(9-13(12)27-17)16-14-15(19-10-18-14)20-11-21-16/h10-13H,1-9H2,(H,18,19,20,21)/t12-,13+/m0/s1. The van der Waals surface area contributed by atoms with Gasteiger partial charge in [-0.05, 0) is 6.42 Å². The van der Waals surface area contributed by atoms with Crippen LogP contribution in [0.3, 0.4) is 0 Å². The number of anilines is 1. The number of nitrogens with one attached hydrogen (secondary N) is 1. The van der Waals surface area contributed by atoms with Gasteiger partial charge in [-0.25, -0.2) is 19.7 Å². The van der Waals surface area contributed by atoms with Crippen LogP contribution >= 0.6 is 0 Å². The number of nitrogens with zero attached hydrogens (tertiary/aromatic N) is 6. The van der Waals surface area contributed by atoms with Crippen molar-refractivity contribution < 1.29 is 14.3 Å². The highest BCUT2D eigenvalue weighted by molar-refractivity contribution is 5.83. The molecule has 2 aromatic heterocycles. The molecule has 2 aromatic rings. The Morgan fingerprint density at radius 3 is 2.93 bits per heavy atom. The summed E-state index contributed by atoms with van der Waals surface area (Å²) in [6.07, 6.45) is 3.78. The van der Waals surface area contributed by atoms with Crippen LogP contribution in [0.4, 0.5) is 10.6 Å². The van der Waals surface area contributed by atoms with Gasteiger partial charge in [0, 0.05) is 32.7 Å². The fraction of sp³-hybridized carbons (Fsp3) is 0.647. The molecule has 5 heterocycles. The lowest BCUT2D eigenvalue weighted by atomic mass is 10.2. The molecule has 5 rings (SSSR count). The maximum absolute atomic E-state index is 12.3. The highest BCUT2D eigenvalue weighted by Crippen LogP contribution is 2.31. The molecular weight excluding hydrogens is 350 g/mol. The second kappa shape index (κ2) is 6.93. The zero-order valence-electron chi connectivity index (χ0n) is 15.1. The highest BCUT2D eigenvalue weighted by atomic mass is 16.6. The molecule has 3 fully saturated rings. The minimum atomic E-state index is -0.194. The van der Waals surface area contributed by atoms with Crippen molar-refractivity contribution in [1.29, 1.82) is 0 Å². The summed E-state index contributed by atoms with van der Waals surface area (Å²) >= 11 is 0. The predicted molar refractivity (Wildman–Crippen MR) is 96.5 cm³/mol. The Kier molecular flexibility index (Phi) is 4.29. The second-order valence-electron chi connectivity index (χ2n) is 7.19. The van der Waals surface area contributed by atoms with Crippen molar-refractivity contribution in [1.82, 2.24) is 29.7 Å². The molecule has 3 aliphatic rings. The number of carbonyl (C=O) groups is 1. The van der Waals surface area contributed by atoms with E-state index in [-0.39, 0.29) is 18.2 Å². The summed E-state index contributed by atoms with van der Waals surface area (Å²) < 4.78 is 11.0. The normalized spacial score (nSPS) is 26.0. The topological polar surface area (TPSA) is 99.7 Å². The zero-order chi connectivity index (χ0) is 18.2. The minimum absolute atomic E-state index is 0.0649. The summed E-state index contributed by atoms with van der Waals surface area (Å²) in [5.74, 6) is 0.816. The lowest BCUT2D eigenvalue weighted by Gasteiger charge is -2.28. The number of imidazole rings is 1. The van der Waals surface area contributed by atoms with Gasteiger partial charge in [-0.2, -0.15) is 0 Å². The first-order valence-corrected chi connectivity index (χ1v) is 9.46. The number of fused-ring (bicyclic) bond motifs is 2. The Bertz CT molecular complexity index is 822. The number of amides is 1. The summed E-state index contributed by atoms with van der Waals surface area (Å²) in [5.41, 5.74) is 1.47. The molecule has 2 atom stereocenters. The zero-order valence-corrected chi connectivity index (χ0v) is 15.1. The lowest BCUT2D eigenvalue weighted by molar-refractivity contribution is 0.0363. The average molecular weight is 373 g/mol. The van der Waals surface area contributed by atoms with Crippen LogP contribution in [-0.4, -0.2) is 100 Å². The predicted octanol–water partition coefficient (Wildman–Crippen LogP) is 0.0846. The van der Waals surface area contributed by atoms with E-state index in [1.54, 1.807) is 6.33 Å². The first-order valence-electron chi connectivity index (χ1n) is 9.46. The van der Waals surface area contributed by atoms with E-state index >= 15 is 0 Å². The molecule has 10 heteroatoms. The summed E-state index contributed by atoms with van der Waals surface area (Å²) in [6.45, 7) is 6.58. The molecule has 0 spiro atoms. The maximum Gasteiger partial charge on any atom is 0.410 e. The van der Waals surface area contributed by atoms with E-state index in [9.17, 15) is 4.79 Å². The molecule has 0 unspecified atom stereocenters. The van der Waals surface area contributed by atoms with Gasteiger partial charge < -0.3 is 19.4 Å². The van der Waals surface area contributed by atoms with Gasteiger partial charge in [-0.3, -0.25) is 9.80 Å². The largest absolute Gasteiger partial charge is 0.442 e. The molecule has 10 nitrogen and oxygen atoms in total. The fourth-order valence-electron chi connectivity index (χ4n) is 4.22. The van der Waals surface area contributed by atoms with E-state index in [1.807, 2.05) is 4.90 Å². The summed E-state index contributed by atoms with van der Waals surface area (Å²) in [7, 11) is 0. The molecular formula is C17H23N7O3. The fourth-order valence-corrected chi connectivity index (χ4v) is 4.22. The Morgan fingerprint density at radius 2 is 2.04 bits per heavy atom. The molecule has 1 N–H and O–H groups in total. The first kappa shape index (κ1) is 16.7. The summed E-state index contributed by atoms with van der Waals surface area (Å²) in [4.78, 5) is 34.6. The van der Waals surface area contributed by atoms with E-state index in [2.05, 4.69) is 29.7 Å². The van der Waals surface area contributed by atoms with Crippen LogP contribution in [0, 0.1) is 0 Å². The van der Waals surface area contributed by atoms with E-state index in [4.69, 9.17) is 9.47 Å². The van der Waals surface area contributed by atoms with Crippen LogP contribution < -0.4 is 4.90 Å². The molecule has 3 aliphatic heterocycles. The number of rotatable bonds is 5. The molecule has 3 saturated heterocycles. The van der Waals surface area contributed by atoms with Crippen LogP contribution in [0.1, 0.15) is 6.42 Å². The van der Waals surface area contributed by atoms with Crippen molar-refractivity contribution in [2.75, 3.05) is 57.4 Å². The number of aromatic amines is 1. The quantitative estimate of drug-likeness (QED) is 0.787. The third-order valence-corrected chi connectivity index (χ3v) is 5.60. The summed E-state index contributed by atoms with van der Waals surface area (Å²) in [5, 5.41) is 0. The van der Waals surface area contributed by atoms with Crippen molar-refractivity contribution in [2.24, 2.45) is 0 Å². The Labute approximate surface area is 156 Å². The maximum atomic E-state index is 12.3. The number of morpholine rings is 1. The number of H-pyrrole nitrogens is 1. The van der Waals surface area contributed by atoms with Crippen molar-refractivity contribution in [2.45, 2.75) is 18.6 Å². The van der Waals surface area contributed by atoms with Gasteiger partial charge >= 0.3 is 6.09 Å². The van der Waals surface area contributed by atoms with E-state index in [0.717, 1.165) is 50.6 Å². The number of hydrogen-bond donors (Lipinski definition) is 1. The minimum Gasteiger partial charge on any atom is -0.442 e.